The molecule has 0 bridgehead atoms. The van der Waals surface area contributed by atoms with Crippen molar-refractivity contribution in [3.05, 3.63) is 119 Å². The maximum atomic E-state index is 13.2. The highest BCUT2D eigenvalue weighted by Crippen LogP contribution is 2.20. The molecule has 0 saturated carbocycles. The number of rotatable bonds is 8. The molecule has 0 saturated heterocycles. The minimum absolute atomic E-state index is 0.182. The topological polar surface area (TPSA) is 89.3 Å². The van der Waals surface area contributed by atoms with Crippen LogP contribution in [0.4, 0.5) is 0 Å². The number of carbonyl (C=O) groups excluding carboxylic acids is 3. The van der Waals surface area contributed by atoms with Crippen molar-refractivity contribution in [1.29, 1.82) is 0 Å². The van der Waals surface area contributed by atoms with Crippen molar-refractivity contribution < 1.29 is 14.4 Å². The average Bonchev–Trinajstić information content (AvgIpc) is 2.84. The Balaban J connectivity index is 1.58. The zero-order valence-corrected chi connectivity index (χ0v) is 18.0. The SMILES string of the molecule is NC(=O)C(=O)C(Cc1ccccc1)NC(=O)c1ccccc1Cc1ccc2ccccc2c1. The van der Waals surface area contributed by atoms with Gasteiger partial charge in [-0.1, -0.05) is 91.0 Å². The smallest absolute Gasteiger partial charge is 0.287 e. The Morgan fingerprint density at radius 2 is 1.39 bits per heavy atom. The van der Waals surface area contributed by atoms with E-state index in [1.165, 1.54) is 0 Å². The number of benzene rings is 4. The third-order valence-corrected chi connectivity index (χ3v) is 5.62. The number of fused-ring (bicyclic) bond motifs is 1. The van der Waals surface area contributed by atoms with Crippen LogP contribution in [0.5, 0.6) is 0 Å². The maximum Gasteiger partial charge on any atom is 0.287 e. The molecule has 2 amide bonds. The summed E-state index contributed by atoms with van der Waals surface area (Å²) in [5.74, 6) is -2.30. The van der Waals surface area contributed by atoms with Gasteiger partial charge in [-0.3, -0.25) is 14.4 Å². The average molecular weight is 437 g/mol. The third kappa shape index (κ3) is 5.33. The highest BCUT2D eigenvalue weighted by atomic mass is 16.2. The molecule has 0 fully saturated rings. The molecule has 0 aliphatic rings. The first kappa shape index (κ1) is 22.0. The van der Waals surface area contributed by atoms with E-state index in [1.807, 2.05) is 60.7 Å². The van der Waals surface area contributed by atoms with Crippen molar-refractivity contribution in [3.63, 3.8) is 0 Å². The number of carbonyl (C=O) groups is 3. The van der Waals surface area contributed by atoms with Crippen molar-refractivity contribution in [2.24, 2.45) is 5.73 Å². The fourth-order valence-corrected chi connectivity index (χ4v) is 3.93. The van der Waals surface area contributed by atoms with Gasteiger partial charge in [0.25, 0.3) is 11.8 Å². The number of hydrogen-bond acceptors (Lipinski definition) is 3. The second-order valence-corrected chi connectivity index (χ2v) is 7.96. The van der Waals surface area contributed by atoms with Crippen LogP contribution in [0.15, 0.2) is 97.1 Å². The van der Waals surface area contributed by atoms with Crippen LogP contribution >= 0.6 is 0 Å². The molecule has 0 aliphatic carbocycles. The number of nitrogens with two attached hydrogens (primary N) is 1. The van der Waals surface area contributed by atoms with Crippen molar-refractivity contribution >= 4 is 28.4 Å². The lowest BCUT2D eigenvalue weighted by molar-refractivity contribution is -0.137. The minimum atomic E-state index is -1.07. The molecule has 4 rings (SSSR count). The van der Waals surface area contributed by atoms with Crippen molar-refractivity contribution in [3.8, 4) is 0 Å². The molecule has 0 radical (unpaired) electrons. The Labute approximate surface area is 192 Å². The molecule has 5 nitrogen and oxygen atoms in total. The number of hydrogen-bond donors (Lipinski definition) is 2. The first-order valence-corrected chi connectivity index (χ1v) is 10.8. The molecule has 1 unspecified atom stereocenters. The maximum absolute atomic E-state index is 13.2. The van der Waals surface area contributed by atoms with E-state index < -0.39 is 23.6 Å². The summed E-state index contributed by atoms with van der Waals surface area (Å²) in [6.07, 6.45) is 0.739. The van der Waals surface area contributed by atoms with Crippen LogP contribution in [0.3, 0.4) is 0 Å². The van der Waals surface area contributed by atoms with Crippen molar-refractivity contribution in [2.75, 3.05) is 0 Å². The van der Waals surface area contributed by atoms with Gasteiger partial charge in [0.05, 0.1) is 0 Å². The van der Waals surface area contributed by atoms with Crippen LogP contribution in [-0.4, -0.2) is 23.6 Å². The predicted molar refractivity (Wildman–Crippen MR) is 129 cm³/mol. The first-order valence-electron chi connectivity index (χ1n) is 10.8. The molecule has 4 aromatic rings. The number of primary amides is 1. The van der Waals surface area contributed by atoms with Crippen LogP contribution in [0.1, 0.15) is 27.0 Å². The summed E-state index contributed by atoms with van der Waals surface area (Å²) in [7, 11) is 0. The van der Waals surface area contributed by atoms with Crippen LogP contribution in [-0.2, 0) is 22.4 Å². The van der Waals surface area contributed by atoms with Gasteiger partial charge in [-0.15, -0.1) is 0 Å². The molecule has 0 aliphatic heterocycles. The van der Waals surface area contributed by atoms with E-state index in [2.05, 4.69) is 29.6 Å². The molecule has 0 aromatic heterocycles. The van der Waals surface area contributed by atoms with Gasteiger partial charge >= 0.3 is 0 Å². The fraction of sp³-hybridized carbons (Fsp3) is 0.107. The molecule has 3 N–H and O–H groups in total. The Morgan fingerprint density at radius 3 is 2.15 bits per heavy atom. The number of Topliss-reactive ketones (excluding diaryl/α,β-unsaturated/α-hetero) is 1. The minimum Gasteiger partial charge on any atom is -0.363 e. The zero-order valence-electron chi connectivity index (χ0n) is 18.0. The van der Waals surface area contributed by atoms with Gasteiger partial charge in [-0.25, -0.2) is 0 Å². The van der Waals surface area contributed by atoms with Gasteiger partial charge in [0.2, 0.25) is 5.78 Å². The predicted octanol–water partition coefficient (Wildman–Crippen LogP) is 3.83. The summed E-state index contributed by atoms with van der Waals surface area (Å²) >= 11 is 0. The van der Waals surface area contributed by atoms with Crippen molar-refractivity contribution in [2.45, 2.75) is 18.9 Å². The second-order valence-electron chi connectivity index (χ2n) is 7.96. The second kappa shape index (κ2) is 9.92. The van der Waals surface area contributed by atoms with E-state index in [0.717, 1.165) is 27.5 Å². The molecule has 0 heterocycles. The van der Waals surface area contributed by atoms with E-state index in [-0.39, 0.29) is 6.42 Å². The van der Waals surface area contributed by atoms with Crippen LogP contribution in [0, 0.1) is 0 Å². The summed E-state index contributed by atoms with van der Waals surface area (Å²) in [6, 6.07) is 29.8. The lowest BCUT2D eigenvalue weighted by Gasteiger charge is -2.18. The molecule has 164 valence electrons. The van der Waals surface area contributed by atoms with E-state index >= 15 is 0 Å². The molecule has 1 atom stereocenters. The van der Waals surface area contributed by atoms with Gasteiger partial charge in [0.1, 0.15) is 6.04 Å². The van der Waals surface area contributed by atoms with Gasteiger partial charge in [0.15, 0.2) is 0 Å². The van der Waals surface area contributed by atoms with Gasteiger partial charge in [0, 0.05) is 12.0 Å². The number of nitrogens with one attached hydrogen (secondary N) is 1. The summed E-state index contributed by atoms with van der Waals surface area (Å²) in [6.45, 7) is 0. The summed E-state index contributed by atoms with van der Waals surface area (Å²) in [5.41, 5.74) is 8.42. The van der Waals surface area contributed by atoms with Crippen LogP contribution in [0.25, 0.3) is 10.8 Å². The monoisotopic (exact) mass is 436 g/mol. The quantitative estimate of drug-likeness (QED) is 0.412. The molecule has 4 aromatic carbocycles. The number of amides is 2. The highest BCUT2D eigenvalue weighted by Gasteiger charge is 2.26. The van der Waals surface area contributed by atoms with Gasteiger partial charge in [-0.05, 0) is 39.9 Å². The molecule has 33 heavy (non-hydrogen) atoms. The molecular formula is C28H24N2O3. The van der Waals surface area contributed by atoms with Gasteiger partial charge < -0.3 is 11.1 Å². The van der Waals surface area contributed by atoms with E-state index in [1.54, 1.807) is 12.1 Å². The Kier molecular flexibility index (Phi) is 6.60. The molecule has 5 heteroatoms. The highest BCUT2D eigenvalue weighted by molar-refractivity contribution is 6.38. The van der Waals surface area contributed by atoms with Crippen LogP contribution in [0.2, 0.25) is 0 Å². The lowest BCUT2D eigenvalue weighted by atomic mass is 9.96. The normalized spacial score (nSPS) is 11.6. The zero-order chi connectivity index (χ0) is 23.2. The van der Waals surface area contributed by atoms with Crippen LogP contribution < -0.4 is 11.1 Å². The molecular weight excluding hydrogens is 412 g/mol. The first-order chi connectivity index (χ1) is 16.0. The largest absolute Gasteiger partial charge is 0.363 e. The summed E-state index contributed by atoms with van der Waals surface area (Å²) < 4.78 is 0. The van der Waals surface area contributed by atoms with Crippen molar-refractivity contribution in [1.82, 2.24) is 5.32 Å². The summed E-state index contributed by atoms with van der Waals surface area (Å²) in [4.78, 5) is 37.2. The summed E-state index contributed by atoms with van der Waals surface area (Å²) in [5, 5.41) is 5.01. The Hall–Kier alpha value is -4.25. The fourth-order valence-electron chi connectivity index (χ4n) is 3.93. The Bertz CT molecular complexity index is 1320. The van der Waals surface area contributed by atoms with Gasteiger partial charge in [-0.2, -0.15) is 0 Å². The standard InChI is InChI=1S/C28H24N2O3/c29-27(32)26(31)25(18-19-8-2-1-3-9-19)30-28(33)24-13-7-6-12-23(24)17-20-14-15-21-10-4-5-11-22(21)16-20/h1-16,25H,17-18H2,(H2,29,32)(H,30,33). The third-order valence-electron chi connectivity index (χ3n) is 5.62. The molecule has 0 spiro atoms. The number of ketones is 1. The lowest BCUT2D eigenvalue weighted by Crippen LogP contribution is -2.47. The van der Waals surface area contributed by atoms with E-state index in [9.17, 15) is 14.4 Å². The van der Waals surface area contributed by atoms with E-state index in [4.69, 9.17) is 5.73 Å². The Morgan fingerprint density at radius 1 is 0.727 bits per heavy atom. The van der Waals surface area contributed by atoms with E-state index in [0.29, 0.717) is 12.0 Å².